The highest BCUT2D eigenvalue weighted by atomic mass is 35.5. The molecule has 0 saturated carbocycles. The molecule has 1 aromatic rings. The van der Waals surface area contributed by atoms with Crippen LogP contribution in [-0.4, -0.2) is 20.2 Å². The summed E-state index contributed by atoms with van der Waals surface area (Å²) in [5, 5.41) is 3.81. The van der Waals surface area contributed by atoms with Gasteiger partial charge in [-0.25, -0.2) is 0 Å². The normalized spacial score (nSPS) is 10.5. The Hall–Kier alpha value is -0.570. The largest absolute Gasteiger partial charge is 0.375 e. The highest BCUT2D eigenvalue weighted by Gasteiger charge is 1.99. The van der Waals surface area contributed by atoms with Crippen LogP contribution in [0.1, 0.15) is 11.1 Å². The number of hydrogen-bond acceptors (Lipinski definition) is 2. The SMILES string of the molecule is CNCCOCc1ccc(C)cc1Cl. The van der Waals surface area contributed by atoms with Gasteiger partial charge in [-0.05, 0) is 31.2 Å². The Morgan fingerprint density at radius 1 is 1.43 bits per heavy atom. The molecule has 1 rings (SSSR count). The first-order valence-electron chi connectivity index (χ1n) is 4.71. The van der Waals surface area contributed by atoms with Crippen molar-refractivity contribution in [3.63, 3.8) is 0 Å². The quantitative estimate of drug-likeness (QED) is 0.759. The van der Waals surface area contributed by atoms with E-state index in [9.17, 15) is 0 Å². The first-order chi connectivity index (χ1) is 6.74. The standard InChI is InChI=1S/C11H16ClNO/c1-9-3-4-10(11(12)7-9)8-14-6-5-13-2/h3-4,7,13H,5-6,8H2,1-2H3. The molecule has 14 heavy (non-hydrogen) atoms. The van der Waals surface area contributed by atoms with Crippen LogP contribution in [0.15, 0.2) is 18.2 Å². The highest BCUT2D eigenvalue weighted by molar-refractivity contribution is 6.31. The number of benzene rings is 1. The Labute approximate surface area is 90.2 Å². The Morgan fingerprint density at radius 3 is 2.86 bits per heavy atom. The molecule has 0 saturated heterocycles. The van der Waals surface area contributed by atoms with Crippen LogP contribution in [0.25, 0.3) is 0 Å². The Kier molecular flexibility index (Phi) is 4.94. The van der Waals surface area contributed by atoms with E-state index >= 15 is 0 Å². The summed E-state index contributed by atoms with van der Waals surface area (Å²) in [7, 11) is 1.90. The fourth-order valence-corrected chi connectivity index (χ4v) is 1.42. The summed E-state index contributed by atoms with van der Waals surface area (Å²) in [6.07, 6.45) is 0. The number of ether oxygens (including phenoxy) is 1. The lowest BCUT2D eigenvalue weighted by Crippen LogP contribution is -2.14. The van der Waals surface area contributed by atoms with E-state index in [1.165, 1.54) is 5.56 Å². The first kappa shape index (κ1) is 11.5. The van der Waals surface area contributed by atoms with Crippen LogP contribution >= 0.6 is 11.6 Å². The lowest BCUT2D eigenvalue weighted by molar-refractivity contribution is 0.124. The molecule has 0 unspecified atom stereocenters. The van der Waals surface area contributed by atoms with Gasteiger partial charge in [0.1, 0.15) is 0 Å². The van der Waals surface area contributed by atoms with Gasteiger partial charge in [0.05, 0.1) is 13.2 Å². The van der Waals surface area contributed by atoms with Gasteiger partial charge in [0.15, 0.2) is 0 Å². The summed E-state index contributed by atoms with van der Waals surface area (Å²) in [4.78, 5) is 0. The topological polar surface area (TPSA) is 21.3 Å². The van der Waals surface area contributed by atoms with Crippen LogP contribution in [0.2, 0.25) is 5.02 Å². The molecule has 0 fully saturated rings. The minimum atomic E-state index is 0.584. The number of nitrogens with one attached hydrogen (secondary N) is 1. The zero-order valence-corrected chi connectivity index (χ0v) is 9.40. The van der Waals surface area contributed by atoms with Gasteiger partial charge in [-0.3, -0.25) is 0 Å². The van der Waals surface area contributed by atoms with Crippen molar-refractivity contribution in [1.29, 1.82) is 0 Å². The van der Waals surface area contributed by atoms with E-state index in [2.05, 4.69) is 5.32 Å². The molecular weight excluding hydrogens is 198 g/mol. The first-order valence-corrected chi connectivity index (χ1v) is 5.09. The molecule has 0 bridgehead atoms. The highest BCUT2D eigenvalue weighted by Crippen LogP contribution is 2.18. The molecule has 2 nitrogen and oxygen atoms in total. The maximum atomic E-state index is 6.05. The molecule has 0 aromatic heterocycles. The molecule has 0 aliphatic carbocycles. The maximum absolute atomic E-state index is 6.05. The molecular formula is C11H16ClNO. The molecule has 0 aliphatic rings. The zero-order chi connectivity index (χ0) is 10.4. The van der Waals surface area contributed by atoms with Gasteiger partial charge >= 0.3 is 0 Å². The predicted octanol–water partition coefficient (Wildman–Crippen LogP) is 2.38. The maximum Gasteiger partial charge on any atom is 0.0731 e. The van der Waals surface area contributed by atoms with Crippen molar-refractivity contribution in [3.05, 3.63) is 34.3 Å². The zero-order valence-electron chi connectivity index (χ0n) is 8.64. The van der Waals surface area contributed by atoms with Crippen LogP contribution < -0.4 is 5.32 Å². The van der Waals surface area contributed by atoms with Gasteiger partial charge in [0.25, 0.3) is 0 Å². The van der Waals surface area contributed by atoms with E-state index in [0.717, 1.165) is 17.1 Å². The fourth-order valence-electron chi connectivity index (χ4n) is 1.13. The monoisotopic (exact) mass is 213 g/mol. The van der Waals surface area contributed by atoms with Crippen molar-refractivity contribution in [2.75, 3.05) is 20.2 Å². The summed E-state index contributed by atoms with van der Waals surface area (Å²) >= 11 is 6.05. The van der Waals surface area contributed by atoms with Crippen molar-refractivity contribution in [2.24, 2.45) is 0 Å². The molecule has 0 heterocycles. The summed E-state index contributed by atoms with van der Waals surface area (Å²) in [5.41, 5.74) is 2.22. The van der Waals surface area contributed by atoms with Crippen LogP contribution in [0, 0.1) is 6.92 Å². The van der Waals surface area contributed by atoms with Gasteiger partial charge in [-0.1, -0.05) is 23.7 Å². The molecule has 0 atom stereocenters. The molecule has 0 amide bonds. The van der Waals surface area contributed by atoms with Crippen LogP contribution in [-0.2, 0) is 11.3 Å². The summed E-state index contributed by atoms with van der Waals surface area (Å²) in [5.74, 6) is 0. The van der Waals surface area contributed by atoms with Crippen LogP contribution in [0.5, 0.6) is 0 Å². The van der Waals surface area contributed by atoms with Gasteiger partial charge in [-0.15, -0.1) is 0 Å². The van der Waals surface area contributed by atoms with Crippen LogP contribution in [0.4, 0.5) is 0 Å². The van der Waals surface area contributed by atoms with E-state index < -0.39 is 0 Å². The van der Waals surface area contributed by atoms with Gasteiger partial charge in [-0.2, -0.15) is 0 Å². The van der Waals surface area contributed by atoms with E-state index in [4.69, 9.17) is 16.3 Å². The molecule has 78 valence electrons. The lowest BCUT2D eigenvalue weighted by Gasteiger charge is -2.06. The second kappa shape index (κ2) is 6.02. The van der Waals surface area contributed by atoms with E-state index in [1.54, 1.807) is 0 Å². The summed E-state index contributed by atoms with van der Waals surface area (Å²) < 4.78 is 5.43. The summed E-state index contributed by atoms with van der Waals surface area (Å²) in [6, 6.07) is 6.01. The van der Waals surface area contributed by atoms with Gasteiger partial charge in [0, 0.05) is 11.6 Å². The number of aryl methyl sites for hydroxylation is 1. The molecule has 0 spiro atoms. The average Bonchev–Trinajstić information content (AvgIpc) is 2.15. The fraction of sp³-hybridized carbons (Fsp3) is 0.455. The van der Waals surface area contributed by atoms with Crippen molar-refractivity contribution in [3.8, 4) is 0 Å². The van der Waals surface area contributed by atoms with Crippen molar-refractivity contribution in [2.45, 2.75) is 13.5 Å². The Morgan fingerprint density at radius 2 is 2.21 bits per heavy atom. The Bertz CT molecular complexity index is 289. The van der Waals surface area contributed by atoms with Gasteiger partial charge in [0.2, 0.25) is 0 Å². The smallest absolute Gasteiger partial charge is 0.0731 e. The Balaban J connectivity index is 2.42. The van der Waals surface area contributed by atoms with E-state index in [1.807, 2.05) is 32.2 Å². The summed E-state index contributed by atoms with van der Waals surface area (Å²) in [6.45, 7) is 4.18. The average molecular weight is 214 g/mol. The molecule has 3 heteroatoms. The van der Waals surface area contributed by atoms with E-state index in [-0.39, 0.29) is 0 Å². The number of rotatable bonds is 5. The third-order valence-electron chi connectivity index (χ3n) is 1.96. The third-order valence-corrected chi connectivity index (χ3v) is 2.31. The second-order valence-electron chi connectivity index (χ2n) is 3.25. The number of likely N-dealkylation sites (N-methyl/N-ethyl adjacent to an activating group) is 1. The van der Waals surface area contributed by atoms with Crippen LogP contribution in [0.3, 0.4) is 0 Å². The minimum Gasteiger partial charge on any atom is -0.375 e. The molecule has 0 aliphatic heterocycles. The predicted molar refractivity (Wildman–Crippen MR) is 59.8 cm³/mol. The lowest BCUT2D eigenvalue weighted by atomic mass is 10.2. The van der Waals surface area contributed by atoms with Crippen molar-refractivity contribution in [1.82, 2.24) is 5.32 Å². The second-order valence-corrected chi connectivity index (χ2v) is 3.66. The van der Waals surface area contributed by atoms with E-state index in [0.29, 0.717) is 13.2 Å². The molecule has 1 N–H and O–H groups in total. The van der Waals surface area contributed by atoms with Crippen molar-refractivity contribution < 1.29 is 4.74 Å². The molecule has 1 aromatic carbocycles. The molecule has 0 radical (unpaired) electrons. The number of hydrogen-bond donors (Lipinski definition) is 1. The van der Waals surface area contributed by atoms with Crippen molar-refractivity contribution >= 4 is 11.6 Å². The minimum absolute atomic E-state index is 0.584. The number of halogens is 1. The van der Waals surface area contributed by atoms with Gasteiger partial charge < -0.3 is 10.1 Å². The third kappa shape index (κ3) is 3.66.